The number of ether oxygens (including phenoxy) is 1. The average molecular weight is 416 g/mol. The molecule has 0 saturated carbocycles. The number of hydrogen-bond acceptors (Lipinski definition) is 4. The fraction of sp³-hybridized carbons (Fsp3) is 0.160. The monoisotopic (exact) mass is 416 g/mol. The van der Waals surface area contributed by atoms with Crippen molar-refractivity contribution < 1.29 is 19.1 Å². The highest BCUT2D eigenvalue weighted by atomic mass is 16.5. The highest BCUT2D eigenvalue weighted by molar-refractivity contribution is 6.04. The molecule has 0 unspecified atom stereocenters. The van der Waals surface area contributed by atoms with E-state index in [9.17, 15) is 14.4 Å². The normalized spacial score (nSPS) is 10.3. The van der Waals surface area contributed by atoms with Crippen LogP contribution in [0.1, 0.15) is 37.4 Å². The maximum absolute atomic E-state index is 12.6. The van der Waals surface area contributed by atoms with Gasteiger partial charge in [0.2, 0.25) is 0 Å². The predicted octanol–water partition coefficient (Wildman–Crippen LogP) is 4.03. The average Bonchev–Trinajstić information content (AvgIpc) is 2.77. The number of anilines is 1. The van der Waals surface area contributed by atoms with Gasteiger partial charge < -0.3 is 15.4 Å². The van der Waals surface area contributed by atoms with E-state index in [1.807, 2.05) is 44.2 Å². The Morgan fingerprint density at radius 2 is 1.58 bits per heavy atom. The molecule has 0 aliphatic carbocycles. The number of rotatable bonds is 7. The zero-order valence-electron chi connectivity index (χ0n) is 17.5. The van der Waals surface area contributed by atoms with Gasteiger partial charge in [-0.25, -0.2) is 4.79 Å². The van der Waals surface area contributed by atoms with Gasteiger partial charge >= 0.3 is 5.97 Å². The summed E-state index contributed by atoms with van der Waals surface area (Å²) in [6.07, 6.45) is 0. The number of para-hydroxylation sites is 1. The molecule has 0 radical (unpaired) electrons. The van der Waals surface area contributed by atoms with Gasteiger partial charge in [-0.3, -0.25) is 9.59 Å². The third-order valence-corrected chi connectivity index (χ3v) is 4.61. The van der Waals surface area contributed by atoms with Gasteiger partial charge in [0.05, 0.1) is 16.8 Å². The summed E-state index contributed by atoms with van der Waals surface area (Å²) >= 11 is 0. The number of benzene rings is 3. The Morgan fingerprint density at radius 1 is 0.839 bits per heavy atom. The molecule has 0 heterocycles. The first-order valence-corrected chi connectivity index (χ1v) is 9.89. The van der Waals surface area contributed by atoms with Crippen LogP contribution in [-0.2, 0) is 16.1 Å². The van der Waals surface area contributed by atoms with Gasteiger partial charge in [-0.2, -0.15) is 0 Å². The van der Waals surface area contributed by atoms with Crippen molar-refractivity contribution in [3.63, 3.8) is 0 Å². The molecule has 2 N–H and O–H groups in total. The van der Waals surface area contributed by atoms with E-state index in [-0.39, 0.29) is 5.91 Å². The van der Waals surface area contributed by atoms with E-state index in [2.05, 4.69) is 10.6 Å². The van der Waals surface area contributed by atoms with Gasteiger partial charge in [0.15, 0.2) is 6.61 Å². The zero-order chi connectivity index (χ0) is 22.2. The van der Waals surface area contributed by atoms with Gasteiger partial charge in [0.25, 0.3) is 11.8 Å². The molecule has 0 saturated heterocycles. The molecule has 0 spiro atoms. The summed E-state index contributed by atoms with van der Waals surface area (Å²) < 4.78 is 5.08. The maximum Gasteiger partial charge on any atom is 0.338 e. The second-order valence-corrected chi connectivity index (χ2v) is 7.21. The first kappa shape index (κ1) is 21.8. The zero-order valence-corrected chi connectivity index (χ0v) is 17.5. The van der Waals surface area contributed by atoms with Crippen molar-refractivity contribution in [2.75, 3.05) is 11.9 Å². The summed E-state index contributed by atoms with van der Waals surface area (Å²) in [5.41, 5.74) is 4.09. The van der Waals surface area contributed by atoms with Crippen LogP contribution in [0.25, 0.3) is 0 Å². The van der Waals surface area contributed by atoms with Crippen molar-refractivity contribution in [1.29, 1.82) is 0 Å². The fourth-order valence-corrected chi connectivity index (χ4v) is 2.95. The molecule has 0 aliphatic rings. The van der Waals surface area contributed by atoms with Crippen LogP contribution in [0.3, 0.4) is 0 Å². The van der Waals surface area contributed by atoms with Crippen LogP contribution >= 0.6 is 0 Å². The predicted molar refractivity (Wildman–Crippen MR) is 119 cm³/mol. The van der Waals surface area contributed by atoms with Crippen LogP contribution < -0.4 is 10.6 Å². The standard InChI is InChI=1S/C25H24N2O4/c1-17-10-12-19(13-11-17)15-26-24(29)21-8-3-4-9-22(21)27-23(28)16-31-25(30)20-7-5-6-18(2)14-20/h3-14H,15-16H2,1-2H3,(H,26,29)(H,27,28). The van der Waals surface area contributed by atoms with Crippen molar-refractivity contribution in [3.8, 4) is 0 Å². The number of carbonyl (C=O) groups is 3. The van der Waals surface area contributed by atoms with Gasteiger partial charge in [-0.1, -0.05) is 59.7 Å². The van der Waals surface area contributed by atoms with Crippen LogP contribution in [0.4, 0.5) is 5.69 Å². The molecule has 158 valence electrons. The highest BCUT2D eigenvalue weighted by Gasteiger charge is 2.15. The lowest BCUT2D eigenvalue weighted by atomic mass is 10.1. The first-order chi connectivity index (χ1) is 14.9. The van der Waals surface area contributed by atoms with Gasteiger partial charge in [0, 0.05) is 6.54 Å². The Bertz CT molecular complexity index is 1090. The molecule has 0 aromatic heterocycles. The van der Waals surface area contributed by atoms with Crippen molar-refractivity contribution in [2.24, 2.45) is 0 Å². The van der Waals surface area contributed by atoms with Crippen LogP contribution in [0, 0.1) is 13.8 Å². The van der Waals surface area contributed by atoms with E-state index >= 15 is 0 Å². The molecule has 0 bridgehead atoms. The Balaban J connectivity index is 1.57. The lowest BCUT2D eigenvalue weighted by molar-refractivity contribution is -0.119. The van der Waals surface area contributed by atoms with Gasteiger partial charge in [0.1, 0.15) is 0 Å². The van der Waals surface area contributed by atoms with E-state index in [0.717, 1.165) is 16.7 Å². The summed E-state index contributed by atoms with van der Waals surface area (Å²) in [4.78, 5) is 37.0. The van der Waals surface area contributed by atoms with E-state index in [0.29, 0.717) is 23.4 Å². The SMILES string of the molecule is Cc1ccc(CNC(=O)c2ccccc2NC(=O)COC(=O)c2cccc(C)c2)cc1. The summed E-state index contributed by atoms with van der Waals surface area (Å²) in [5, 5.41) is 5.49. The molecular weight excluding hydrogens is 392 g/mol. The molecule has 3 aromatic carbocycles. The van der Waals surface area contributed by atoms with E-state index < -0.39 is 18.5 Å². The summed E-state index contributed by atoms with van der Waals surface area (Å²) in [6.45, 7) is 3.78. The molecule has 6 nitrogen and oxygen atoms in total. The van der Waals surface area contributed by atoms with E-state index in [4.69, 9.17) is 4.74 Å². The minimum absolute atomic E-state index is 0.312. The maximum atomic E-state index is 12.6. The van der Waals surface area contributed by atoms with Gasteiger partial charge in [-0.05, 0) is 43.7 Å². The second-order valence-electron chi connectivity index (χ2n) is 7.21. The number of hydrogen-bond donors (Lipinski definition) is 2. The van der Waals surface area contributed by atoms with Crippen LogP contribution in [-0.4, -0.2) is 24.4 Å². The number of nitrogens with one attached hydrogen (secondary N) is 2. The largest absolute Gasteiger partial charge is 0.452 e. The topological polar surface area (TPSA) is 84.5 Å². The van der Waals surface area contributed by atoms with E-state index in [1.54, 1.807) is 42.5 Å². The second kappa shape index (κ2) is 10.2. The Kier molecular flexibility index (Phi) is 7.17. The third-order valence-electron chi connectivity index (χ3n) is 4.61. The first-order valence-electron chi connectivity index (χ1n) is 9.89. The number of carbonyl (C=O) groups excluding carboxylic acids is 3. The Hall–Kier alpha value is -3.93. The summed E-state index contributed by atoms with van der Waals surface area (Å²) in [5.74, 6) is -1.42. The quantitative estimate of drug-likeness (QED) is 0.570. The molecule has 31 heavy (non-hydrogen) atoms. The minimum Gasteiger partial charge on any atom is -0.452 e. The highest BCUT2D eigenvalue weighted by Crippen LogP contribution is 2.15. The van der Waals surface area contributed by atoms with Crippen molar-refractivity contribution in [2.45, 2.75) is 20.4 Å². The summed E-state index contributed by atoms with van der Waals surface area (Å²) in [7, 11) is 0. The molecule has 0 fully saturated rings. The third kappa shape index (κ3) is 6.27. The molecule has 3 rings (SSSR count). The van der Waals surface area contributed by atoms with Crippen molar-refractivity contribution in [1.82, 2.24) is 5.32 Å². The molecule has 3 aromatic rings. The van der Waals surface area contributed by atoms with Crippen LogP contribution in [0.2, 0.25) is 0 Å². The number of amides is 2. The van der Waals surface area contributed by atoms with Crippen molar-refractivity contribution in [3.05, 3.63) is 101 Å². The Labute approximate surface area is 181 Å². The molecule has 0 atom stereocenters. The lowest BCUT2D eigenvalue weighted by Gasteiger charge is -2.12. The molecule has 2 amide bonds. The van der Waals surface area contributed by atoms with Crippen molar-refractivity contribution >= 4 is 23.5 Å². The number of esters is 1. The molecule has 6 heteroatoms. The molecular formula is C25H24N2O4. The summed E-state index contributed by atoms with van der Waals surface area (Å²) in [6, 6.07) is 21.5. The lowest BCUT2D eigenvalue weighted by Crippen LogP contribution is -2.26. The number of aryl methyl sites for hydroxylation is 2. The minimum atomic E-state index is -0.581. The fourth-order valence-electron chi connectivity index (χ4n) is 2.95. The molecule has 0 aliphatic heterocycles. The van der Waals surface area contributed by atoms with E-state index in [1.165, 1.54) is 0 Å². The van der Waals surface area contributed by atoms with Crippen LogP contribution in [0.15, 0.2) is 72.8 Å². The smallest absolute Gasteiger partial charge is 0.338 e. The van der Waals surface area contributed by atoms with Crippen LogP contribution in [0.5, 0.6) is 0 Å². The van der Waals surface area contributed by atoms with Gasteiger partial charge in [-0.15, -0.1) is 0 Å². The Morgan fingerprint density at radius 3 is 2.32 bits per heavy atom.